The lowest BCUT2D eigenvalue weighted by molar-refractivity contribution is -0.151. The maximum atomic E-state index is 12.4. The molecular formula is C22H21NO3S. The number of hydrogen-bond acceptors (Lipinski definition) is 4. The number of fused-ring (bicyclic) bond motifs is 1. The summed E-state index contributed by atoms with van der Waals surface area (Å²) in [5, 5.41) is 2.29. The van der Waals surface area contributed by atoms with Gasteiger partial charge in [-0.3, -0.25) is 9.59 Å². The molecule has 3 aromatic rings. The summed E-state index contributed by atoms with van der Waals surface area (Å²) in [7, 11) is 1.67. The molecule has 1 amide bonds. The van der Waals surface area contributed by atoms with Gasteiger partial charge in [-0.2, -0.15) is 0 Å². The highest BCUT2D eigenvalue weighted by Gasteiger charge is 2.22. The Bertz CT molecular complexity index is 942. The van der Waals surface area contributed by atoms with Crippen molar-refractivity contribution in [2.45, 2.75) is 17.9 Å². The second kappa shape index (κ2) is 8.73. The van der Waals surface area contributed by atoms with Crippen LogP contribution in [0.5, 0.6) is 0 Å². The molecule has 0 saturated heterocycles. The van der Waals surface area contributed by atoms with Crippen molar-refractivity contribution in [2.24, 2.45) is 0 Å². The van der Waals surface area contributed by atoms with Crippen LogP contribution < -0.4 is 4.90 Å². The lowest BCUT2D eigenvalue weighted by Gasteiger charge is -2.21. The molecule has 0 aliphatic rings. The highest BCUT2D eigenvalue weighted by Crippen LogP contribution is 2.24. The van der Waals surface area contributed by atoms with Crippen LogP contribution in [0.3, 0.4) is 0 Å². The van der Waals surface area contributed by atoms with E-state index in [4.69, 9.17) is 4.74 Å². The standard InChI is InChI=1S/C22H21NO3S/c1-16(22(25)23(2)19-10-4-3-5-11-19)26-21(24)15-27-20-13-12-17-8-6-7-9-18(17)14-20/h3-14,16H,15H2,1-2H3/t16-/m0/s1. The van der Waals surface area contributed by atoms with Gasteiger partial charge >= 0.3 is 5.97 Å². The van der Waals surface area contributed by atoms with Crippen molar-refractivity contribution in [3.05, 3.63) is 72.8 Å². The fourth-order valence-corrected chi connectivity index (χ4v) is 3.46. The zero-order chi connectivity index (χ0) is 19.2. The van der Waals surface area contributed by atoms with Gasteiger partial charge in [-0.1, -0.05) is 48.5 Å². The Hall–Kier alpha value is -2.79. The van der Waals surface area contributed by atoms with Crippen LogP contribution in [0.1, 0.15) is 6.92 Å². The average Bonchev–Trinajstić information content (AvgIpc) is 2.71. The lowest BCUT2D eigenvalue weighted by atomic mass is 10.1. The summed E-state index contributed by atoms with van der Waals surface area (Å²) in [5.74, 6) is -0.508. The number of anilines is 1. The molecule has 1 atom stereocenters. The number of amides is 1. The van der Waals surface area contributed by atoms with E-state index in [1.54, 1.807) is 14.0 Å². The first-order valence-corrected chi connectivity index (χ1v) is 9.67. The third-order valence-corrected chi connectivity index (χ3v) is 5.17. The number of carbonyl (C=O) groups excluding carboxylic acids is 2. The molecule has 4 nitrogen and oxygen atoms in total. The van der Waals surface area contributed by atoms with Crippen LogP contribution in [0.15, 0.2) is 77.7 Å². The van der Waals surface area contributed by atoms with Gasteiger partial charge in [-0.05, 0) is 42.0 Å². The number of likely N-dealkylation sites (N-methyl/N-ethyl adjacent to an activating group) is 1. The number of ether oxygens (including phenoxy) is 1. The fourth-order valence-electron chi connectivity index (χ4n) is 2.73. The molecule has 27 heavy (non-hydrogen) atoms. The minimum atomic E-state index is -0.833. The predicted octanol–water partition coefficient (Wildman–Crippen LogP) is 4.53. The Morgan fingerprint density at radius 1 is 0.963 bits per heavy atom. The summed E-state index contributed by atoms with van der Waals surface area (Å²) >= 11 is 1.40. The number of para-hydroxylation sites is 1. The van der Waals surface area contributed by atoms with E-state index in [0.717, 1.165) is 21.4 Å². The van der Waals surface area contributed by atoms with Crippen molar-refractivity contribution in [3.8, 4) is 0 Å². The van der Waals surface area contributed by atoms with Gasteiger partial charge in [-0.25, -0.2) is 0 Å². The van der Waals surface area contributed by atoms with Crippen molar-refractivity contribution in [2.75, 3.05) is 17.7 Å². The normalized spacial score (nSPS) is 11.8. The fraction of sp³-hybridized carbons (Fsp3) is 0.182. The molecule has 0 N–H and O–H groups in total. The van der Waals surface area contributed by atoms with E-state index in [9.17, 15) is 9.59 Å². The summed E-state index contributed by atoms with van der Waals surface area (Å²) in [5.41, 5.74) is 0.760. The molecule has 5 heteroatoms. The van der Waals surface area contributed by atoms with Crippen LogP contribution in [0.25, 0.3) is 10.8 Å². The number of thioether (sulfide) groups is 1. The number of hydrogen-bond donors (Lipinski definition) is 0. The summed E-state index contributed by atoms with van der Waals surface area (Å²) in [6.07, 6.45) is -0.833. The van der Waals surface area contributed by atoms with E-state index in [1.165, 1.54) is 16.7 Å². The minimum absolute atomic E-state index is 0.158. The number of rotatable bonds is 6. The zero-order valence-corrected chi connectivity index (χ0v) is 16.1. The lowest BCUT2D eigenvalue weighted by Crippen LogP contribution is -2.37. The average molecular weight is 379 g/mol. The maximum absolute atomic E-state index is 12.4. The second-order valence-corrected chi connectivity index (χ2v) is 7.21. The molecule has 0 unspecified atom stereocenters. The van der Waals surface area contributed by atoms with Gasteiger partial charge in [0.1, 0.15) is 0 Å². The van der Waals surface area contributed by atoms with Gasteiger partial charge in [0.15, 0.2) is 6.10 Å². The maximum Gasteiger partial charge on any atom is 0.317 e. The number of carbonyl (C=O) groups is 2. The molecule has 0 spiro atoms. The van der Waals surface area contributed by atoms with Crippen molar-refractivity contribution in [3.63, 3.8) is 0 Å². The largest absolute Gasteiger partial charge is 0.452 e. The van der Waals surface area contributed by atoms with Crippen molar-refractivity contribution in [1.82, 2.24) is 0 Å². The van der Waals surface area contributed by atoms with E-state index >= 15 is 0 Å². The molecule has 3 rings (SSSR count). The van der Waals surface area contributed by atoms with Crippen molar-refractivity contribution >= 4 is 40.1 Å². The van der Waals surface area contributed by atoms with Crippen molar-refractivity contribution in [1.29, 1.82) is 0 Å². The summed E-state index contributed by atoms with van der Waals surface area (Å²) in [4.78, 5) is 27.1. The quantitative estimate of drug-likeness (QED) is 0.466. The Morgan fingerprint density at radius 2 is 1.63 bits per heavy atom. The highest BCUT2D eigenvalue weighted by atomic mass is 32.2. The van der Waals surface area contributed by atoms with E-state index < -0.39 is 12.1 Å². The van der Waals surface area contributed by atoms with Gasteiger partial charge in [0.2, 0.25) is 0 Å². The third-order valence-electron chi connectivity index (χ3n) is 4.21. The summed E-state index contributed by atoms with van der Waals surface area (Å²) < 4.78 is 5.31. The van der Waals surface area contributed by atoms with E-state index in [-0.39, 0.29) is 11.7 Å². The number of esters is 1. The molecule has 0 aliphatic heterocycles. The molecular weight excluding hydrogens is 358 g/mol. The molecule has 3 aromatic carbocycles. The Labute approximate surface area is 163 Å². The number of benzene rings is 3. The first-order valence-electron chi connectivity index (χ1n) is 8.68. The monoisotopic (exact) mass is 379 g/mol. The summed E-state index contributed by atoms with van der Waals surface area (Å²) in [6.45, 7) is 1.60. The summed E-state index contributed by atoms with van der Waals surface area (Å²) in [6, 6.07) is 23.4. The van der Waals surface area contributed by atoms with Crippen LogP contribution in [0.4, 0.5) is 5.69 Å². The Kier molecular flexibility index (Phi) is 6.14. The highest BCUT2D eigenvalue weighted by molar-refractivity contribution is 8.00. The van der Waals surface area contributed by atoms with E-state index in [2.05, 4.69) is 6.07 Å². The Morgan fingerprint density at radius 3 is 2.37 bits per heavy atom. The van der Waals surface area contributed by atoms with Crippen LogP contribution in [-0.2, 0) is 14.3 Å². The third kappa shape index (κ3) is 4.89. The second-order valence-electron chi connectivity index (χ2n) is 6.16. The SMILES string of the molecule is C[C@H](OC(=O)CSc1ccc2ccccc2c1)C(=O)N(C)c1ccccc1. The number of nitrogens with zero attached hydrogens (tertiary/aromatic N) is 1. The molecule has 0 fully saturated rings. The minimum Gasteiger partial charge on any atom is -0.452 e. The van der Waals surface area contributed by atoms with Gasteiger partial charge in [-0.15, -0.1) is 11.8 Å². The van der Waals surface area contributed by atoms with Crippen LogP contribution in [-0.4, -0.2) is 30.8 Å². The molecule has 0 heterocycles. The molecule has 0 aromatic heterocycles. The Balaban J connectivity index is 1.54. The van der Waals surface area contributed by atoms with Crippen LogP contribution in [0.2, 0.25) is 0 Å². The van der Waals surface area contributed by atoms with Crippen LogP contribution in [0, 0.1) is 0 Å². The van der Waals surface area contributed by atoms with E-state index in [1.807, 2.05) is 66.7 Å². The zero-order valence-electron chi connectivity index (χ0n) is 15.3. The van der Waals surface area contributed by atoms with Gasteiger partial charge < -0.3 is 9.64 Å². The van der Waals surface area contributed by atoms with Gasteiger partial charge in [0.25, 0.3) is 5.91 Å². The molecule has 0 aliphatic carbocycles. The smallest absolute Gasteiger partial charge is 0.317 e. The topological polar surface area (TPSA) is 46.6 Å². The molecule has 0 radical (unpaired) electrons. The first-order chi connectivity index (χ1) is 13.0. The molecule has 0 bridgehead atoms. The van der Waals surface area contributed by atoms with E-state index in [0.29, 0.717) is 0 Å². The van der Waals surface area contributed by atoms with Gasteiger partial charge in [0, 0.05) is 17.6 Å². The molecule has 138 valence electrons. The molecule has 0 saturated carbocycles. The first kappa shape index (κ1) is 19.0. The van der Waals surface area contributed by atoms with Gasteiger partial charge in [0.05, 0.1) is 5.75 Å². The van der Waals surface area contributed by atoms with Crippen molar-refractivity contribution < 1.29 is 14.3 Å². The van der Waals surface area contributed by atoms with Crippen LogP contribution >= 0.6 is 11.8 Å². The predicted molar refractivity (Wildman–Crippen MR) is 110 cm³/mol.